The Bertz CT molecular complexity index is 918. The van der Waals surface area contributed by atoms with E-state index in [1.54, 1.807) is 24.4 Å². The number of hydrogen-bond donors (Lipinski definition) is 1. The standard InChI is InChI=1S/C18H18BrN5O/c1-11-8-9-20-18(21-11)22-17(25)15-6-4-14(5-7-15)10-24-13(3)16(19)12(2)23-24/h4-9H,10H2,1-3H3,(H,20,21,22,25). The van der Waals surface area contributed by atoms with Crippen molar-refractivity contribution in [2.75, 3.05) is 5.32 Å². The summed E-state index contributed by atoms with van der Waals surface area (Å²) in [4.78, 5) is 20.5. The smallest absolute Gasteiger partial charge is 0.258 e. The third-order valence-electron chi connectivity index (χ3n) is 3.86. The van der Waals surface area contributed by atoms with Crippen LogP contribution in [0.2, 0.25) is 0 Å². The molecule has 0 saturated heterocycles. The maximum absolute atomic E-state index is 12.3. The van der Waals surface area contributed by atoms with Crippen molar-refractivity contribution in [3.63, 3.8) is 0 Å². The quantitative estimate of drug-likeness (QED) is 0.726. The highest BCUT2D eigenvalue weighted by atomic mass is 79.9. The van der Waals surface area contributed by atoms with Crippen molar-refractivity contribution in [3.8, 4) is 0 Å². The van der Waals surface area contributed by atoms with Crippen LogP contribution in [0.5, 0.6) is 0 Å². The van der Waals surface area contributed by atoms with Crippen LogP contribution in [0.1, 0.15) is 33.0 Å². The monoisotopic (exact) mass is 399 g/mol. The number of hydrogen-bond acceptors (Lipinski definition) is 4. The molecule has 0 bridgehead atoms. The molecule has 128 valence electrons. The Balaban J connectivity index is 1.71. The van der Waals surface area contributed by atoms with Gasteiger partial charge in [0.15, 0.2) is 0 Å². The Kier molecular flexibility index (Phi) is 4.94. The summed E-state index contributed by atoms with van der Waals surface area (Å²) in [6.45, 7) is 6.49. The third-order valence-corrected chi connectivity index (χ3v) is 5.01. The average molecular weight is 400 g/mol. The van der Waals surface area contributed by atoms with Gasteiger partial charge in [0.05, 0.1) is 22.4 Å². The molecule has 6 nitrogen and oxygen atoms in total. The van der Waals surface area contributed by atoms with Crippen molar-refractivity contribution in [3.05, 3.63) is 69.2 Å². The van der Waals surface area contributed by atoms with Gasteiger partial charge < -0.3 is 0 Å². The summed E-state index contributed by atoms with van der Waals surface area (Å²) < 4.78 is 2.97. The van der Waals surface area contributed by atoms with E-state index < -0.39 is 0 Å². The molecule has 0 saturated carbocycles. The van der Waals surface area contributed by atoms with Crippen molar-refractivity contribution >= 4 is 27.8 Å². The van der Waals surface area contributed by atoms with Gasteiger partial charge in [-0.3, -0.25) is 14.8 Å². The first-order valence-electron chi connectivity index (χ1n) is 7.83. The first-order valence-corrected chi connectivity index (χ1v) is 8.63. The lowest BCUT2D eigenvalue weighted by Gasteiger charge is -2.07. The minimum absolute atomic E-state index is 0.231. The zero-order chi connectivity index (χ0) is 18.0. The number of aryl methyl sites for hydroxylation is 2. The minimum Gasteiger partial charge on any atom is -0.290 e. The molecular formula is C18H18BrN5O. The second-order valence-corrected chi connectivity index (χ2v) is 6.61. The summed E-state index contributed by atoms with van der Waals surface area (Å²) in [5.74, 6) is 0.0765. The third kappa shape index (κ3) is 3.93. The fourth-order valence-electron chi connectivity index (χ4n) is 2.45. The molecule has 3 aromatic rings. The largest absolute Gasteiger partial charge is 0.290 e. The molecule has 25 heavy (non-hydrogen) atoms. The van der Waals surface area contributed by atoms with E-state index in [1.807, 2.05) is 37.6 Å². The van der Waals surface area contributed by atoms with Crippen molar-refractivity contribution in [1.29, 1.82) is 0 Å². The lowest BCUT2D eigenvalue weighted by atomic mass is 10.1. The molecule has 2 heterocycles. The van der Waals surface area contributed by atoms with Crippen LogP contribution in [0.3, 0.4) is 0 Å². The Morgan fingerprint density at radius 3 is 2.48 bits per heavy atom. The summed E-state index contributed by atoms with van der Waals surface area (Å²) in [5.41, 5.74) is 4.48. The van der Waals surface area contributed by atoms with E-state index in [0.717, 1.165) is 27.1 Å². The molecule has 0 fully saturated rings. The van der Waals surface area contributed by atoms with E-state index in [1.165, 1.54) is 0 Å². The maximum Gasteiger partial charge on any atom is 0.258 e. The van der Waals surface area contributed by atoms with Gasteiger partial charge in [0.2, 0.25) is 5.95 Å². The molecule has 3 rings (SSSR count). The number of benzene rings is 1. The number of aromatic nitrogens is 4. The van der Waals surface area contributed by atoms with Gasteiger partial charge in [0, 0.05) is 17.5 Å². The lowest BCUT2D eigenvalue weighted by molar-refractivity contribution is 0.102. The van der Waals surface area contributed by atoms with Crippen LogP contribution in [0.4, 0.5) is 5.95 Å². The zero-order valence-corrected chi connectivity index (χ0v) is 15.8. The molecule has 0 aliphatic rings. The van der Waals surface area contributed by atoms with Gasteiger partial charge in [0.25, 0.3) is 5.91 Å². The van der Waals surface area contributed by atoms with Crippen LogP contribution < -0.4 is 5.32 Å². The number of amides is 1. The van der Waals surface area contributed by atoms with E-state index in [2.05, 4.69) is 36.3 Å². The Morgan fingerprint density at radius 1 is 1.16 bits per heavy atom. The fraction of sp³-hybridized carbons (Fsp3) is 0.222. The van der Waals surface area contributed by atoms with Crippen molar-refractivity contribution < 1.29 is 4.79 Å². The minimum atomic E-state index is -0.231. The van der Waals surface area contributed by atoms with E-state index >= 15 is 0 Å². The van der Waals surface area contributed by atoms with Crippen molar-refractivity contribution in [2.24, 2.45) is 0 Å². The highest BCUT2D eigenvalue weighted by molar-refractivity contribution is 9.10. The fourth-order valence-corrected chi connectivity index (χ4v) is 2.73. The van der Waals surface area contributed by atoms with Crippen LogP contribution in [0, 0.1) is 20.8 Å². The molecule has 0 atom stereocenters. The van der Waals surface area contributed by atoms with Crippen LogP contribution in [-0.2, 0) is 6.54 Å². The predicted molar refractivity (Wildman–Crippen MR) is 99.7 cm³/mol. The van der Waals surface area contributed by atoms with Gasteiger partial charge >= 0.3 is 0 Å². The van der Waals surface area contributed by atoms with Crippen molar-refractivity contribution in [2.45, 2.75) is 27.3 Å². The molecule has 0 unspecified atom stereocenters. The van der Waals surface area contributed by atoms with Crippen LogP contribution in [-0.4, -0.2) is 25.7 Å². The first kappa shape index (κ1) is 17.3. The van der Waals surface area contributed by atoms with E-state index in [9.17, 15) is 4.79 Å². The number of anilines is 1. The topological polar surface area (TPSA) is 72.7 Å². The SMILES string of the molecule is Cc1ccnc(NC(=O)c2ccc(Cn3nc(C)c(Br)c3C)cc2)n1. The van der Waals surface area contributed by atoms with E-state index in [0.29, 0.717) is 18.1 Å². The number of nitrogens with zero attached hydrogens (tertiary/aromatic N) is 4. The average Bonchev–Trinajstić information content (AvgIpc) is 2.82. The number of carbonyl (C=O) groups excluding carboxylic acids is 1. The summed E-state index contributed by atoms with van der Waals surface area (Å²) >= 11 is 3.53. The molecule has 0 aliphatic heterocycles. The molecule has 0 spiro atoms. The number of carbonyl (C=O) groups is 1. The van der Waals surface area contributed by atoms with Gasteiger partial charge in [-0.05, 0) is 60.5 Å². The van der Waals surface area contributed by atoms with Gasteiger partial charge in [-0.1, -0.05) is 12.1 Å². The summed E-state index contributed by atoms with van der Waals surface area (Å²) in [6, 6.07) is 9.22. The summed E-state index contributed by atoms with van der Waals surface area (Å²) in [6.07, 6.45) is 1.62. The maximum atomic E-state index is 12.3. The molecule has 1 aromatic carbocycles. The molecule has 7 heteroatoms. The second kappa shape index (κ2) is 7.14. The molecule has 0 radical (unpaired) electrons. The second-order valence-electron chi connectivity index (χ2n) is 5.82. The van der Waals surface area contributed by atoms with E-state index in [4.69, 9.17) is 0 Å². The molecule has 1 N–H and O–H groups in total. The van der Waals surface area contributed by atoms with Crippen LogP contribution in [0.15, 0.2) is 41.0 Å². The zero-order valence-electron chi connectivity index (χ0n) is 14.2. The van der Waals surface area contributed by atoms with Gasteiger partial charge in [-0.25, -0.2) is 9.97 Å². The van der Waals surface area contributed by atoms with Gasteiger partial charge in [-0.15, -0.1) is 0 Å². The highest BCUT2D eigenvalue weighted by Gasteiger charge is 2.11. The summed E-state index contributed by atoms with van der Waals surface area (Å²) in [7, 11) is 0. The molecule has 2 aromatic heterocycles. The Morgan fingerprint density at radius 2 is 1.88 bits per heavy atom. The highest BCUT2D eigenvalue weighted by Crippen LogP contribution is 2.20. The molecule has 1 amide bonds. The Labute approximate surface area is 154 Å². The summed E-state index contributed by atoms with van der Waals surface area (Å²) in [5, 5.41) is 7.20. The molecule has 0 aliphatic carbocycles. The van der Waals surface area contributed by atoms with Gasteiger partial charge in [-0.2, -0.15) is 5.10 Å². The molecular weight excluding hydrogens is 382 g/mol. The van der Waals surface area contributed by atoms with Crippen molar-refractivity contribution in [1.82, 2.24) is 19.7 Å². The van der Waals surface area contributed by atoms with E-state index in [-0.39, 0.29) is 5.91 Å². The Hall–Kier alpha value is -2.54. The first-order chi connectivity index (χ1) is 11.9. The predicted octanol–water partition coefficient (Wildman–Crippen LogP) is 3.66. The normalized spacial score (nSPS) is 10.7. The van der Waals surface area contributed by atoms with Crippen LogP contribution >= 0.6 is 15.9 Å². The number of rotatable bonds is 4. The number of nitrogens with one attached hydrogen (secondary N) is 1. The number of halogens is 1. The lowest BCUT2D eigenvalue weighted by Crippen LogP contribution is -2.14. The van der Waals surface area contributed by atoms with Gasteiger partial charge in [0.1, 0.15) is 0 Å². The van der Waals surface area contributed by atoms with Crippen LogP contribution in [0.25, 0.3) is 0 Å².